The lowest BCUT2D eigenvalue weighted by molar-refractivity contribution is -0.115. The van der Waals surface area contributed by atoms with E-state index in [4.69, 9.17) is 0 Å². The number of thiophene rings is 1. The minimum absolute atomic E-state index is 0.155. The Hall–Kier alpha value is -2.69. The number of carbonyl (C=O) groups is 1. The second kappa shape index (κ2) is 8.33. The molecule has 1 N–H and O–H groups in total. The summed E-state index contributed by atoms with van der Waals surface area (Å²) in [6.45, 7) is 5.66. The van der Waals surface area contributed by atoms with Crippen molar-refractivity contribution in [1.82, 2.24) is 9.97 Å². The molecule has 0 aliphatic heterocycles. The molecule has 27 heavy (non-hydrogen) atoms. The van der Waals surface area contributed by atoms with Crippen LogP contribution in [0.3, 0.4) is 0 Å². The van der Waals surface area contributed by atoms with Crippen LogP contribution in [-0.2, 0) is 4.79 Å². The van der Waals surface area contributed by atoms with E-state index in [0.29, 0.717) is 10.6 Å². The van der Waals surface area contributed by atoms with Gasteiger partial charge in [-0.05, 0) is 32.4 Å². The van der Waals surface area contributed by atoms with Crippen LogP contribution in [0, 0.1) is 25.2 Å². The third-order valence-electron chi connectivity index (χ3n) is 4.11. The number of hydrogen-bond donors (Lipinski definition) is 1. The second-order valence-electron chi connectivity index (χ2n) is 5.96. The molecule has 3 aromatic rings. The highest BCUT2D eigenvalue weighted by Gasteiger charge is 2.20. The first-order valence-electron chi connectivity index (χ1n) is 8.34. The molecular weight excluding hydrogens is 376 g/mol. The van der Waals surface area contributed by atoms with Crippen molar-refractivity contribution >= 4 is 34.0 Å². The molecule has 0 saturated carbocycles. The molecular formula is C20H18N4OS2. The number of nitrogens with zero attached hydrogens (tertiary/aromatic N) is 3. The summed E-state index contributed by atoms with van der Waals surface area (Å²) in [5.74, 6) is -0.155. The molecule has 136 valence electrons. The molecule has 5 nitrogen and oxygen atoms in total. The number of aryl methyl sites for hydroxylation is 1. The Bertz CT molecular complexity index is 1010. The van der Waals surface area contributed by atoms with Gasteiger partial charge < -0.3 is 5.32 Å². The monoisotopic (exact) mass is 394 g/mol. The van der Waals surface area contributed by atoms with E-state index in [1.54, 1.807) is 0 Å². The number of thioether (sulfide) groups is 1. The summed E-state index contributed by atoms with van der Waals surface area (Å²) in [6.07, 6.45) is 1.51. The fourth-order valence-electron chi connectivity index (χ4n) is 2.47. The average Bonchev–Trinajstić information content (AvgIpc) is 2.95. The van der Waals surface area contributed by atoms with Crippen molar-refractivity contribution in [3.63, 3.8) is 0 Å². The Morgan fingerprint density at radius 1 is 1.26 bits per heavy atom. The van der Waals surface area contributed by atoms with E-state index in [2.05, 4.69) is 21.4 Å². The molecule has 0 fully saturated rings. The third kappa shape index (κ3) is 4.35. The summed E-state index contributed by atoms with van der Waals surface area (Å²) in [7, 11) is 0. The maximum Gasteiger partial charge on any atom is 0.238 e. The van der Waals surface area contributed by atoms with E-state index >= 15 is 0 Å². The van der Waals surface area contributed by atoms with Crippen LogP contribution in [0.5, 0.6) is 0 Å². The summed E-state index contributed by atoms with van der Waals surface area (Å²) in [5, 5.41) is 13.2. The molecule has 2 heterocycles. The number of benzene rings is 1. The lowest BCUT2D eigenvalue weighted by atomic mass is 10.1. The predicted octanol–water partition coefficient (Wildman–Crippen LogP) is 4.81. The number of rotatable bonds is 5. The lowest BCUT2D eigenvalue weighted by Gasteiger charge is -2.11. The molecule has 7 heteroatoms. The van der Waals surface area contributed by atoms with E-state index in [1.807, 2.05) is 57.2 Å². The summed E-state index contributed by atoms with van der Waals surface area (Å²) in [5.41, 5.74) is 3.27. The quantitative estimate of drug-likeness (QED) is 0.496. The lowest BCUT2D eigenvalue weighted by Crippen LogP contribution is -2.22. The van der Waals surface area contributed by atoms with Gasteiger partial charge in [-0.15, -0.1) is 11.3 Å². The van der Waals surface area contributed by atoms with Gasteiger partial charge in [-0.25, -0.2) is 9.97 Å². The van der Waals surface area contributed by atoms with E-state index in [-0.39, 0.29) is 11.2 Å². The molecule has 1 atom stereocenters. The summed E-state index contributed by atoms with van der Waals surface area (Å²) >= 11 is 2.79. The maximum atomic E-state index is 12.6. The standard InChI is InChI=1S/C20H18N4OS2/c1-12-13(2)27-20(16(12)10-21)24-19(25)14(3)26-18-9-17(22-11-23-18)15-7-5-4-6-8-15/h4-9,11,14H,1-3H3,(H,24,25)/t14-/m0/s1. The Morgan fingerprint density at radius 3 is 2.70 bits per heavy atom. The summed E-state index contributed by atoms with van der Waals surface area (Å²) in [6, 6.07) is 13.9. The van der Waals surface area contributed by atoms with Crippen LogP contribution in [0.25, 0.3) is 11.3 Å². The molecule has 1 amide bonds. The van der Waals surface area contributed by atoms with Gasteiger partial charge in [0.2, 0.25) is 5.91 Å². The topological polar surface area (TPSA) is 78.7 Å². The van der Waals surface area contributed by atoms with Crippen LogP contribution in [0.15, 0.2) is 47.8 Å². The Morgan fingerprint density at radius 2 is 2.00 bits per heavy atom. The molecule has 0 unspecified atom stereocenters. The number of nitriles is 1. The molecule has 0 radical (unpaired) electrons. The van der Waals surface area contributed by atoms with Gasteiger partial charge in [-0.3, -0.25) is 4.79 Å². The second-order valence-corrected chi connectivity index (χ2v) is 8.54. The van der Waals surface area contributed by atoms with Crippen molar-refractivity contribution in [2.45, 2.75) is 31.0 Å². The zero-order chi connectivity index (χ0) is 19.4. The highest BCUT2D eigenvalue weighted by molar-refractivity contribution is 8.00. The normalized spacial score (nSPS) is 11.6. The van der Waals surface area contributed by atoms with Gasteiger partial charge in [0.05, 0.1) is 16.5 Å². The van der Waals surface area contributed by atoms with Crippen molar-refractivity contribution in [2.24, 2.45) is 0 Å². The first-order valence-corrected chi connectivity index (χ1v) is 10.0. The Labute approximate surface area is 166 Å². The highest BCUT2D eigenvalue weighted by Crippen LogP contribution is 2.33. The smallest absolute Gasteiger partial charge is 0.238 e. The van der Waals surface area contributed by atoms with Crippen LogP contribution in [0.4, 0.5) is 5.00 Å². The molecule has 0 spiro atoms. The molecule has 0 aliphatic carbocycles. The van der Waals surface area contributed by atoms with Crippen LogP contribution in [0.2, 0.25) is 0 Å². The van der Waals surface area contributed by atoms with E-state index in [0.717, 1.165) is 26.7 Å². The van der Waals surface area contributed by atoms with Crippen molar-refractivity contribution in [3.8, 4) is 17.3 Å². The van der Waals surface area contributed by atoms with Crippen molar-refractivity contribution in [1.29, 1.82) is 5.26 Å². The summed E-state index contributed by atoms with van der Waals surface area (Å²) in [4.78, 5) is 22.2. The van der Waals surface area contributed by atoms with Gasteiger partial charge in [-0.1, -0.05) is 42.1 Å². The SMILES string of the molecule is Cc1sc(NC(=O)[C@H](C)Sc2cc(-c3ccccc3)ncn2)c(C#N)c1C. The van der Waals surface area contributed by atoms with E-state index < -0.39 is 0 Å². The van der Waals surface area contributed by atoms with E-state index in [9.17, 15) is 10.1 Å². The molecule has 3 rings (SSSR count). The molecule has 2 aromatic heterocycles. The molecule has 0 bridgehead atoms. The van der Waals surface area contributed by atoms with Crippen molar-refractivity contribution in [2.75, 3.05) is 5.32 Å². The minimum atomic E-state index is -0.363. The van der Waals surface area contributed by atoms with Crippen LogP contribution >= 0.6 is 23.1 Å². The van der Waals surface area contributed by atoms with Crippen molar-refractivity contribution < 1.29 is 4.79 Å². The third-order valence-corrected chi connectivity index (χ3v) is 6.27. The van der Waals surface area contributed by atoms with Crippen LogP contribution < -0.4 is 5.32 Å². The number of hydrogen-bond acceptors (Lipinski definition) is 6. The van der Waals surface area contributed by atoms with Gasteiger partial charge in [0.1, 0.15) is 22.4 Å². The Balaban J connectivity index is 1.72. The summed E-state index contributed by atoms with van der Waals surface area (Å²) < 4.78 is 0. The first kappa shape index (κ1) is 19.1. The fraction of sp³-hybridized carbons (Fsp3) is 0.200. The van der Waals surface area contributed by atoms with Gasteiger partial charge in [0, 0.05) is 10.4 Å². The van der Waals surface area contributed by atoms with Gasteiger partial charge >= 0.3 is 0 Å². The van der Waals surface area contributed by atoms with Gasteiger partial charge in [0.15, 0.2) is 0 Å². The first-order chi connectivity index (χ1) is 13.0. The number of aromatic nitrogens is 2. The number of carbonyl (C=O) groups excluding carboxylic acids is 1. The molecule has 1 aromatic carbocycles. The molecule has 0 saturated heterocycles. The van der Waals surface area contributed by atoms with Crippen molar-refractivity contribution in [3.05, 3.63) is 58.7 Å². The minimum Gasteiger partial charge on any atom is -0.316 e. The largest absolute Gasteiger partial charge is 0.316 e. The molecule has 0 aliphatic rings. The average molecular weight is 395 g/mol. The maximum absolute atomic E-state index is 12.6. The highest BCUT2D eigenvalue weighted by atomic mass is 32.2. The number of anilines is 1. The van der Waals surface area contributed by atoms with Gasteiger partial charge in [-0.2, -0.15) is 5.26 Å². The van der Waals surface area contributed by atoms with E-state index in [1.165, 1.54) is 29.4 Å². The fourth-order valence-corrected chi connectivity index (χ4v) is 4.30. The Kier molecular flexibility index (Phi) is 5.89. The van der Waals surface area contributed by atoms with Gasteiger partial charge in [0.25, 0.3) is 0 Å². The zero-order valence-electron chi connectivity index (χ0n) is 15.2. The van der Waals surface area contributed by atoms with Crippen LogP contribution in [-0.4, -0.2) is 21.1 Å². The van der Waals surface area contributed by atoms with Crippen LogP contribution in [0.1, 0.15) is 22.9 Å². The number of amides is 1. The predicted molar refractivity (Wildman–Crippen MR) is 110 cm³/mol. The number of nitrogens with one attached hydrogen (secondary N) is 1. The zero-order valence-corrected chi connectivity index (χ0v) is 16.8.